The molecule has 0 bridgehead atoms. The zero-order chi connectivity index (χ0) is 12.8. The van der Waals surface area contributed by atoms with Gasteiger partial charge >= 0.3 is 0 Å². The molecule has 2 heterocycles. The van der Waals surface area contributed by atoms with Crippen molar-refractivity contribution in [2.24, 2.45) is 11.7 Å². The normalized spacial score (nSPS) is 18.6. The number of pyridine rings is 1. The minimum absolute atomic E-state index is 0.462. The summed E-state index contributed by atoms with van der Waals surface area (Å²) in [4.78, 5) is 8.50. The molecule has 1 unspecified atom stereocenters. The highest BCUT2D eigenvalue weighted by Gasteiger charge is 2.43. The lowest BCUT2D eigenvalue weighted by atomic mass is 9.97. The number of hydrogen-bond donors (Lipinski definition) is 1. The predicted molar refractivity (Wildman–Crippen MR) is 66.5 cm³/mol. The second kappa shape index (κ2) is 3.88. The zero-order valence-corrected chi connectivity index (χ0v) is 10.6. The number of nitrogens with zero attached hydrogens (tertiary/aromatic N) is 3. The van der Waals surface area contributed by atoms with Crippen LogP contribution in [0.2, 0.25) is 0 Å². The third kappa shape index (κ3) is 1.80. The van der Waals surface area contributed by atoms with Gasteiger partial charge in [0.05, 0.1) is 5.54 Å². The Labute approximate surface area is 105 Å². The highest BCUT2D eigenvalue weighted by Crippen LogP contribution is 2.43. The van der Waals surface area contributed by atoms with Gasteiger partial charge in [0.15, 0.2) is 0 Å². The van der Waals surface area contributed by atoms with E-state index in [0.29, 0.717) is 17.6 Å². The molecular weight excluding hydrogens is 228 g/mol. The van der Waals surface area contributed by atoms with Crippen LogP contribution in [-0.4, -0.2) is 15.1 Å². The number of rotatable bonds is 3. The Morgan fingerprint density at radius 2 is 2.22 bits per heavy atom. The third-order valence-electron chi connectivity index (χ3n) is 3.57. The van der Waals surface area contributed by atoms with Crippen molar-refractivity contribution in [3.8, 4) is 11.4 Å². The standard InChI is InChI=1S/C13H16N4O/c1-8-7-15-6-5-10(8)11-16-12(18-17-11)13(2,14)9-3-4-9/h5-7,9H,3-4,14H2,1-2H3. The first-order valence-electron chi connectivity index (χ1n) is 6.13. The molecule has 1 saturated carbocycles. The van der Waals surface area contributed by atoms with Crippen molar-refractivity contribution >= 4 is 0 Å². The number of nitrogens with two attached hydrogens (primary N) is 1. The maximum absolute atomic E-state index is 6.26. The first kappa shape index (κ1) is 11.3. The topological polar surface area (TPSA) is 77.8 Å². The van der Waals surface area contributed by atoms with E-state index in [1.54, 1.807) is 12.4 Å². The summed E-state index contributed by atoms with van der Waals surface area (Å²) in [6.45, 7) is 3.93. The van der Waals surface area contributed by atoms with Crippen molar-refractivity contribution in [2.45, 2.75) is 32.2 Å². The molecule has 1 fully saturated rings. The van der Waals surface area contributed by atoms with E-state index in [1.165, 1.54) is 0 Å². The zero-order valence-electron chi connectivity index (χ0n) is 10.6. The molecular formula is C13H16N4O. The average Bonchev–Trinajstić information content (AvgIpc) is 3.09. The Bertz CT molecular complexity index is 572. The van der Waals surface area contributed by atoms with E-state index in [2.05, 4.69) is 15.1 Å². The molecule has 0 aromatic carbocycles. The van der Waals surface area contributed by atoms with E-state index in [0.717, 1.165) is 24.0 Å². The fraction of sp³-hybridized carbons (Fsp3) is 0.462. The molecule has 0 spiro atoms. The van der Waals surface area contributed by atoms with Crippen molar-refractivity contribution in [1.29, 1.82) is 0 Å². The maximum Gasteiger partial charge on any atom is 0.247 e. The summed E-state index contributed by atoms with van der Waals surface area (Å²) in [5, 5.41) is 4.03. The molecule has 0 saturated heterocycles. The molecule has 2 aromatic rings. The molecule has 2 aromatic heterocycles. The number of aryl methyl sites for hydroxylation is 1. The van der Waals surface area contributed by atoms with E-state index < -0.39 is 5.54 Å². The van der Waals surface area contributed by atoms with Crippen LogP contribution < -0.4 is 5.73 Å². The van der Waals surface area contributed by atoms with Gasteiger partial charge in [-0.3, -0.25) is 4.98 Å². The van der Waals surface area contributed by atoms with Gasteiger partial charge in [0, 0.05) is 18.0 Å². The van der Waals surface area contributed by atoms with Crippen LogP contribution in [0.1, 0.15) is 31.2 Å². The quantitative estimate of drug-likeness (QED) is 0.893. The lowest BCUT2D eigenvalue weighted by molar-refractivity contribution is 0.273. The number of hydrogen-bond acceptors (Lipinski definition) is 5. The highest BCUT2D eigenvalue weighted by atomic mass is 16.5. The first-order valence-corrected chi connectivity index (χ1v) is 6.13. The SMILES string of the molecule is Cc1cnccc1-c1noc(C(C)(N)C2CC2)n1. The van der Waals surface area contributed by atoms with Crippen LogP contribution in [0.4, 0.5) is 0 Å². The van der Waals surface area contributed by atoms with Gasteiger partial charge in [0.2, 0.25) is 11.7 Å². The molecule has 0 aliphatic heterocycles. The molecule has 1 aliphatic rings. The van der Waals surface area contributed by atoms with Gasteiger partial charge in [-0.25, -0.2) is 0 Å². The van der Waals surface area contributed by atoms with Gasteiger partial charge < -0.3 is 10.3 Å². The van der Waals surface area contributed by atoms with Crippen LogP contribution in [-0.2, 0) is 5.54 Å². The summed E-state index contributed by atoms with van der Waals surface area (Å²) < 4.78 is 5.33. The van der Waals surface area contributed by atoms with Gasteiger partial charge in [-0.15, -0.1) is 0 Å². The summed E-state index contributed by atoms with van der Waals surface area (Å²) in [5.41, 5.74) is 7.72. The summed E-state index contributed by atoms with van der Waals surface area (Å²) in [6.07, 6.45) is 5.78. The third-order valence-corrected chi connectivity index (χ3v) is 3.57. The summed E-state index contributed by atoms with van der Waals surface area (Å²) in [5.74, 6) is 1.57. The van der Waals surface area contributed by atoms with Gasteiger partial charge in [-0.1, -0.05) is 5.16 Å². The Morgan fingerprint density at radius 1 is 1.44 bits per heavy atom. The minimum Gasteiger partial charge on any atom is -0.337 e. The molecule has 5 heteroatoms. The van der Waals surface area contributed by atoms with E-state index in [9.17, 15) is 0 Å². The Balaban J connectivity index is 1.97. The maximum atomic E-state index is 6.26. The number of aromatic nitrogens is 3. The second-order valence-corrected chi connectivity index (χ2v) is 5.17. The van der Waals surface area contributed by atoms with Gasteiger partial charge in [-0.05, 0) is 44.2 Å². The van der Waals surface area contributed by atoms with Crippen molar-refractivity contribution < 1.29 is 4.52 Å². The van der Waals surface area contributed by atoms with Crippen LogP contribution in [0, 0.1) is 12.8 Å². The molecule has 94 valence electrons. The Kier molecular flexibility index (Phi) is 2.45. The molecule has 1 aliphatic carbocycles. The molecule has 1 atom stereocenters. The molecule has 5 nitrogen and oxygen atoms in total. The summed E-state index contributed by atoms with van der Waals surface area (Å²) in [6, 6.07) is 1.88. The van der Waals surface area contributed by atoms with Crippen molar-refractivity contribution in [2.75, 3.05) is 0 Å². The predicted octanol–water partition coefficient (Wildman–Crippen LogP) is 2.02. The minimum atomic E-state index is -0.508. The molecule has 2 N–H and O–H groups in total. The molecule has 0 radical (unpaired) electrons. The van der Waals surface area contributed by atoms with Crippen LogP contribution in [0.15, 0.2) is 23.0 Å². The lowest BCUT2D eigenvalue weighted by Gasteiger charge is -2.18. The summed E-state index contributed by atoms with van der Waals surface area (Å²) in [7, 11) is 0. The van der Waals surface area contributed by atoms with E-state index in [1.807, 2.05) is 19.9 Å². The van der Waals surface area contributed by atoms with Crippen LogP contribution in [0.25, 0.3) is 11.4 Å². The van der Waals surface area contributed by atoms with Crippen LogP contribution in [0.3, 0.4) is 0 Å². The molecule has 3 rings (SSSR count). The largest absolute Gasteiger partial charge is 0.337 e. The first-order chi connectivity index (χ1) is 8.59. The van der Waals surface area contributed by atoms with Crippen molar-refractivity contribution in [3.63, 3.8) is 0 Å². The van der Waals surface area contributed by atoms with E-state index in [-0.39, 0.29) is 0 Å². The van der Waals surface area contributed by atoms with Crippen molar-refractivity contribution in [3.05, 3.63) is 29.9 Å². The molecule has 18 heavy (non-hydrogen) atoms. The van der Waals surface area contributed by atoms with E-state index in [4.69, 9.17) is 10.3 Å². The highest BCUT2D eigenvalue weighted by molar-refractivity contribution is 5.58. The fourth-order valence-electron chi connectivity index (χ4n) is 2.13. The summed E-state index contributed by atoms with van der Waals surface area (Å²) >= 11 is 0. The Morgan fingerprint density at radius 3 is 2.89 bits per heavy atom. The monoisotopic (exact) mass is 244 g/mol. The lowest BCUT2D eigenvalue weighted by Crippen LogP contribution is -2.35. The second-order valence-electron chi connectivity index (χ2n) is 5.17. The van der Waals surface area contributed by atoms with Crippen LogP contribution in [0.5, 0.6) is 0 Å². The average molecular weight is 244 g/mol. The van der Waals surface area contributed by atoms with Gasteiger partial charge in [0.1, 0.15) is 0 Å². The molecule has 0 amide bonds. The smallest absolute Gasteiger partial charge is 0.247 e. The van der Waals surface area contributed by atoms with E-state index >= 15 is 0 Å². The van der Waals surface area contributed by atoms with Crippen molar-refractivity contribution in [1.82, 2.24) is 15.1 Å². The van der Waals surface area contributed by atoms with Gasteiger partial charge in [-0.2, -0.15) is 4.98 Å². The van der Waals surface area contributed by atoms with Gasteiger partial charge in [0.25, 0.3) is 0 Å². The Hall–Kier alpha value is -1.75. The fourth-order valence-corrected chi connectivity index (χ4v) is 2.13. The van der Waals surface area contributed by atoms with Crippen LogP contribution >= 0.6 is 0 Å².